The largest absolute Gasteiger partial charge is 0.534 e. The van der Waals surface area contributed by atoms with Gasteiger partial charge in [-0.15, -0.1) is 0 Å². The van der Waals surface area contributed by atoms with Gasteiger partial charge in [-0.25, -0.2) is 9.59 Å². The highest BCUT2D eigenvalue weighted by atomic mass is 16.8. The minimum atomic E-state index is -1.27. The molecule has 8 nitrogen and oxygen atoms in total. The van der Waals surface area contributed by atoms with Gasteiger partial charge in [0, 0.05) is 5.56 Å². The molecule has 0 heterocycles. The first-order valence-electron chi connectivity index (χ1n) is 8.75. The average Bonchev–Trinajstić information content (AvgIpc) is 2.49. The molecule has 0 saturated carbocycles. The number of benzene rings is 1. The van der Waals surface area contributed by atoms with E-state index < -0.39 is 41.6 Å². The summed E-state index contributed by atoms with van der Waals surface area (Å²) in [6.45, 7) is 11.4. The van der Waals surface area contributed by atoms with Gasteiger partial charge in [0.15, 0.2) is 5.78 Å². The number of carbonyl (C=O) groups is 4. The van der Waals surface area contributed by atoms with Crippen LogP contribution in [0.25, 0.3) is 0 Å². The third-order valence-electron chi connectivity index (χ3n) is 3.03. The van der Waals surface area contributed by atoms with Crippen molar-refractivity contribution in [3.05, 3.63) is 35.4 Å². The standard InChI is InChI=1S/C20H27NO7/c1-13-8-10-14(11-9-13)15(22)12-16(23)21(17(24)26-19(2,3)4)28-18(25)27-20(5,6)7/h8-11H,12H2,1-7H3. The summed E-state index contributed by atoms with van der Waals surface area (Å²) in [6.07, 6.45) is -3.18. The van der Waals surface area contributed by atoms with Gasteiger partial charge in [0.05, 0.1) is 6.42 Å². The Morgan fingerprint density at radius 1 is 0.857 bits per heavy atom. The molecular formula is C20H27NO7. The van der Waals surface area contributed by atoms with Gasteiger partial charge in [-0.05, 0) is 48.5 Å². The molecule has 0 fully saturated rings. The molecule has 0 spiro atoms. The van der Waals surface area contributed by atoms with E-state index in [0.29, 0.717) is 5.56 Å². The number of amides is 2. The van der Waals surface area contributed by atoms with Crippen LogP contribution in [0.15, 0.2) is 24.3 Å². The zero-order valence-corrected chi connectivity index (χ0v) is 17.3. The highest BCUT2D eigenvalue weighted by Gasteiger charge is 2.34. The predicted octanol–water partition coefficient (Wildman–Crippen LogP) is 4.20. The zero-order chi connectivity index (χ0) is 21.7. The lowest BCUT2D eigenvalue weighted by Crippen LogP contribution is -2.43. The second kappa shape index (κ2) is 8.86. The van der Waals surface area contributed by atoms with Gasteiger partial charge in [-0.2, -0.15) is 0 Å². The number of hydroxylamine groups is 2. The Labute approximate surface area is 164 Å². The summed E-state index contributed by atoms with van der Waals surface area (Å²) in [5.74, 6) is -1.59. The molecule has 1 aromatic rings. The number of nitrogens with zero attached hydrogens (tertiary/aromatic N) is 1. The maximum atomic E-state index is 12.5. The summed E-state index contributed by atoms with van der Waals surface area (Å²) in [4.78, 5) is 53.8. The molecule has 2 amide bonds. The predicted molar refractivity (Wildman–Crippen MR) is 101 cm³/mol. The highest BCUT2D eigenvalue weighted by molar-refractivity contribution is 6.09. The van der Waals surface area contributed by atoms with E-state index in [4.69, 9.17) is 14.3 Å². The van der Waals surface area contributed by atoms with E-state index in [2.05, 4.69) is 0 Å². The maximum absolute atomic E-state index is 12.5. The summed E-state index contributed by atoms with van der Waals surface area (Å²) in [6, 6.07) is 6.58. The van der Waals surface area contributed by atoms with Gasteiger partial charge >= 0.3 is 12.2 Å². The summed E-state index contributed by atoms with van der Waals surface area (Å²) in [5.41, 5.74) is -0.613. The minimum Gasteiger partial charge on any atom is -0.441 e. The van der Waals surface area contributed by atoms with E-state index in [-0.39, 0.29) is 5.06 Å². The van der Waals surface area contributed by atoms with E-state index in [9.17, 15) is 19.2 Å². The lowest BCUT2D eigenvalue weighted by atomic mass is 10.1. The molecule has 1 rings (SSSR count). The third-order valence-corrected chi connectivity index (χ3v) is 3.03. The van der Waals surface area contributed by atoms with Crippen LogP contribution in [-0.2, 0) is 19.1 Å². The van der Waals surface area contributed by atoms with Crippen molar-refractivity contribution in [2.75, 3.05) is 0 Å². The van der Waals surface area contributed by atoms with Crippen LogP contribution in [-0.4, -0.2) is 40.2 Å². The topological polar surface area (TPSA) is 99.2 Å². The van der Waals surface area contributed by atoms with Crippen LogP contribution in [0.1, 0.15) is 63.9 Å². The van der Waals surface area contributed by atoms with Gasteiger partial charge in [0.2, 0.25) is 0 Å². The first kappa shape index (κ1) is 23.1. The number of Topliss-reactive ketones (excluding diaryl/α,β-unsaturated/α-hetero) is 1. The average molecular weight is 393 g/mol. The van der Waals surface area contributed by atoms with Crippen molar-refractivity contribution in [1.82, 2.24) is 5.06 Å². The van der Waals surface area contributed by atoms with E-state index in [1.165, 1.54) is 0 Å². The van der Waals surface area contributed by atoms with E-state index in [1.54, 1.807) is 65.8 Å². The summed E-state index contributed by atoms with van der Waals surface area (Å²) >= 11 is 0. The van der Waals surface area contributed by atoms with Crippen LogP contribution < -0.4 is 0 Å². The van der Waals surface area contributed by atoms with Crippen molar-refractivity contribution in [2.24, 2.45) is 0 Å². The third kappa shape index (κ3) is 8.20. The number of ketones is 1. The molecule has 0 bridgehead atoms. The smallest absolute Gasteiger partial charge is 0.441 e. The summed E-state index contributed by atoms with van der Waals surface area (Å²) < 4.78 is 10.0. The second-order valence-corrected chi connectivity index (χ2v) is 8.19. The molecule has 0 radical (unpaired) electrons. The van der Waals surface area contributed by atoms with Gasteiger partial charge in [-0.1, -0.05) is 34.9 Å². The lowest BCUT2D eigenvalue weighted by Gasteiger charge is -2.26. The Hall–Kier alpha value is -2.90. The fraction of sp³-hybridized carbons (Fsp3) is 0.500. The molecule has 0 N–H and O–H groups in total. The number of carbonyl (C=O) groups excluding carboxylic acids is 4. The first-order chi connectivity index (χ1) is 12.7. The number of rotatable bonds is 3. The molecule has 154 valence electrons. The van der Waals surface area contributed by atoms with Crippen molar-refractivity contribution in [3.8, 4) is 0 Å². The Morgan fingerprint density at radius 3 is 1.82 bits per heavy atom. The Balaban J connectivity index is 2.96. The number of hydrogen-bond donors (Lipinski definition) is 0. The Kier molecular flexibility index (Phi) is 7.32. The van der Waals surface area contributed by atoms with Crippen LogP contribution in [0.5, 0.6) is 0 Å². The SMILES string of the molecule is Cc1ccc(C(=O)CC(=O)N(OC(=O)OC(C)(C)C)C(=O)OC(C)(C)C)cc1. The molecular weight excluding hydrogens is 366 g/mol. The van der Waals surface area contributed by atoms with E-state index in [1.807, 2.05) is 6.92 Å². The van der Waals surface area contributed by atoms with Crippen molar-refractivity contribution >= 4 is 23.9 Å². The Morgan fingerprint density at radius 2 is 1.36 bits per heavy atom. The Bertz CT molecular complexity index is 739. The van der Waals surface area contributed by atoms with Crippen LogP contribution in [0.2, 0.25) is 0 Å². The van der Waals surface area contributed by atoms with Crippen molar-refractivity contribution in [1.29, 1.82) is 0 Å². The van der Waals surface area contributed by atoms with Gasteiger partial charge in [0.25, 0.3) is 5.91 Å². The maximum Gasteiger partial charge on any atom is 0.534 e. The van der Waals surface area contributed by atoms with E-state index in [0.717, 1.165) is 5.56 Å². The highest BCUT2D eigenvalue weighted by Crippen LogP contribution is 2.15. The lowest BCUT2D eigenvalue weighted by molar-refractivity contribution is -0.170. The minimum absolute atomic E-state index is 0.116. The molecule has 0 unspecified atom stereocenters. The van der Waals surface area contributed by atoms with Gasteiger partial charge in [-0.3, -0.25) is 14.4 Å². The monoisotopic (exact) mass is 393 g/mol. The normalized spacial score (nSPS) is 11.4. The van der Waals surface area contributed by atoms with Gasteiger partial charge in [0.1, 0.15) is 11.2 Å². The number of aryl methyl sites for hydroxylation is 1. The molecule has 0 aromatic heterocycles. The quantitative estimate of drug-likeness (QED) is 0.328. The van der Waals surface area contributed by atoms with Crippen molar-refractivity contribution < 1.29 is 33.5 Å². The fourth-order valence-electron chi connectivity index (χ4n) is 1.89. The molecule has 28 heavy (non-hydrogen) atoms. The number of ether oxygens (including phenoxy) is 2. The number of hydrogen-bond acceptors (Lipinski definition) is 7. The molecule has 0 atom stereocenters. The molecule has 1 aromatic carbocycles. The first-order valence-corrected chi connectivity index (χ1v) is 8.75. The molecule has 0 aliphatic carbocycles. The number of imide groups is 1. The van der Waals surface area contributed by atoms with Crippen LogP contribution >= 0.6 is 0 Å². The molecule has 0 aliphatic rings. The molecule has 0 aliphatic heterocycles. The second-order valence-electron chi connectivity index (χ2n) is 8.19. The van der Waals surface area contributed by atoms with Crippen LogP contribution in [0.3, 0.4) is 0 Å². The van der Waals surface area contributed by atoms with Crippen molar-refractivity contribution in [3.63, 3.8) is 0 Å². The van der Waals surface area contributed by atoms with Gasteiger partial charge < -0.3 is 9.47 Å². The van der Waals surface area contributed by atoms with Crippen LogP contribution in [0.4, 0.5) is 9.59 Å². The zero-order valence-electron chi connectivity index (χ0n) is 17.3. The summed E-state index contributed by atoms with van der Waals surface area (Å²) in [7, 11) is 0. The molecule has 0 saturated heterocycles. The summed E-state index contributed by atoms with van der Waals surface area (Å²) in [5, 5.41) is 0.116. The fourth-order valence-corrected chi connectivity index (χ4v) is 1.89. The van der Waals surface area contributed by atoms with Crippen molar-refractivity contribution in [2.45, 2.75) is 66.1 Å². The van der Waals surface area contributed by atoms with E-state index >= 15 is 0 Å². The molecule has 8 heteroatoms. The van der Waals surface area contributed by atoms with Crippen LogP contribution in [0, 0.1) is 6.92 Å².